The van der Waals surface area contributed by atoms with Gasteiger partial charge in [-0.05, 0) is 25.0 Å². The highest BCUT2D eigenvalue weighted by Crippen LogP contribution is 2.23. The second-order valence-corrected chi connectivity index (χ2v) is 8.86. The molecule has 6 nitrogen and oxygen atoms in total. The summed E-state index contributed by atoms with van der Waals surface area (Å²) in [6.45, 7) is 4.08. The SMILES string of the molecule is CCCCC(CC)C(=O)Nc1nnc(CS(=O)(=O)c2ccccc2)s1. The molecule has 0 aliphatic carbocycles. The van der Waals surface area contributed by atoms with Crippen LogP contribution in [-0.2, 0) is 20.4 Å². The van der Waals surface area contributed by atoms with E-state index in [1.165, 1.54) is 0 Å². The molecular weight excluding hydrogens is 358 g/mol. The molecule has 1 atom stereocenters. The summed E-state index contributed by atoms with van der Waals surface area (Å²) in [6, 6.07) is 8.23. The minimum absolute atomic E-state index is 0.0552. The Morgan fingerprint density at radius 1 is 1.20 bits per heavy atom. The molecular formula is C17H23N3O3S2. The number of sulfone groups is 1. The fraction of sp³-hybridized carbons (Fsp3) is 0.471. The Kier molecular flexibility index (Phi) is 7.07. The molecule has 1 aromatic heterocycles. The predicted octanol–water partition coefficient (Wildman–Crippen LogP) is 3.67. The summed E-state index contributed by atoms with van der Waals surface area (Å²) in [5, 5.41) is 11.3. The molecule has 0 fully saturated rings. The van der Waals surface area contributed by atoms with Crippen LogP contribution in [-0.4, -0.2) is 24.5 Å². The molecule has 0 aliphatic rings. The first-order chi connectivity index (χ1) is 12.0. The maximum Gasteiger partial charge on any atom is 0.229 e. The minimum Gasteiger partial charge on any atom is -0.300 e. The van der Waals surface area contributed by atoms with E-state index in [9.17, 15) is 13.2 Å². The lowest BCUT2D eigenvalue weighted by molar-refractivity contribution is -0.120. The van der Waals surface area contributed by atoms with Crippen molar-refractivity contribution in [2.45, 2.75) is 50.2 Å². The zero-order chi connectivity index (χ0) is 18.3. The summed E-state index contributed by atoms with van der Waals surface area (Å²) in [6.07, 6.45) is 3.65. The Hall–Kier alpha value is -1.80. The van der Waals surface area contributed by atoms with Crippen LogP contribution in [0.3, 0.4) is 0 Å². The molecule has 1 heterocycles. The molecule has 0 saturated heterocycles. The number of unbranched alkanes of at least 4 members (excludes halogenated alkanes) is 1. The van der Waals surface area contributed by atoms with Crippen molar-refractivity contribution >= 4 is 32.2 Å². The first kappa shape index (κ1) is 19.5. The second-order valence-electron chi connectivity index (χ2n) is 5.81. The second kappa shape index (κ2) is 9.05. The number of amides is 1. The quantitative estimate of drug-likeness (QED) is 0.716. The molecule has 8 heteroatoms. The van der Waals surface area contributed by atoms with Crippen LogP contribution in [0.25, 0.3) is 0 Å². The van der Waals surface area contributed by atoms with Crippen LogP contribution < -0.4 is 5.32 Å². The lowest BCUT2D eigenvalue weighted by Crippen LogP contribution is -2.22. The van der Waals surface area contributed by atoms with Crippen molar-refractivity contribution in [3.63, 3.8) is 0 Å². The van der Waals surface area contributed by atoms with Gasteiger partial charge in [-0.15, -0.1) is 10.2 Å². The molecule has 0 bridgehead atoms. The highest BCUT2D eigenvalue weighted by atomic mass is 32.2. The van der Waals surface area contributed by atoms with Crippen molar-refractivity contribution in [2.75, 3.05) is 5.32 Å². The molecule has 0 aliphatic heterocycles. The lowest BCUT2D eigenvalue weighted by atomic mass is 9.99. The van der Waals surface area contributed by atoms with Crippen LogP contribution in [0.2, 0.25) is 0 Å². The third-order valence-electron chi connectivity index (χ3n) is 3.88. The molecule has 1 aromatic carbocycles. The largest absolute Gasteiger partial charge is 0.300 e. The fourth-order valence-electron chi connectivity index (χ4n) is 2.41. The molecule has 25 heavy (non-hydrogen) atoms. The zero-order valence-corrected chi connectivity index (χ0v) is 16.1. The van der Waals surface area contributed by atoms with Gasteiger partial charge < -0.3 is 5.32 Å². The van der Waals surface area contributed by atoms with Crippen LogP contribution in [0.4, 0.5) is 5.13 Å². The van der Waals surface area contributed by atoms with Crippen LogP contribution in [0.5, 0.6) is 0 Å². The van der Waals surface area contributed by atoms with Crippen molar-refractivity contribution < 1.29 is 13.2 Å². The molecule has 2 aromatic rings. The summed E-state index contributed by atoms with van der Waals surface area (Å²) in [5.74, 6) is -0.359. The van der Waals surface area contributed by atoms with Crippen LogP contribution in [0.15, 0.2) is 35.2 Å². The van der Waals surface area contributed by atoms with E-state index in [0.717, 1.165) is 37.0 Å². The van der Waals surface area contributed by atoms with E-state index in [1.807, 2.05) is 6.92 Å². The monoisotopic (exact) mass is 381 g/mol. The highest BCUT2D eigenvalue weighted by Gasteiger charge is 2.20. The van der Waals surface area contributed by atoms with Crippen molar-refractivity contribution in [3.8, 4) is 0 Å². The number of rotatable bonds is 9. The van der Waals surface area contributed by atoms with Crippen LogP contribution >= 0.6 is 11.3 Å². The van der Waals surface area contributed by atoms with E-state index in [-0.39, 0.29) is 22.5 Å². The van der Waals surface area contributed by atoms with Gasteiger partial charge in [-0.2, -0.15) is 0 Å². The van der Waals surface area contributed by atoms with E-state index in [1.54, 1.807) is 30.3 Å². The van der Waals surface area contributed by atoms with Gasteiger partial charge in [0.1, 0.15) is 10.8 Å². The number of hydrogen-bond acceptors (Lipinski definition) is 6. The standard InChI is InChI=1S/C17H23N3O3S2/c1-3-5-9-13(4-2)16(21)18-17-20-19-15(24-17)12-25(22,23)14-10-7-6-8-11-14/h6-8,10-11,13H,3-5,9,12H2,1-2H3,(H,18,20,21). The maximum atomic E-state index is 12.4. The lowest BCUT2D eigenvalue weighted by Gasteiger charge is -2.12. The number of carbonyl (C=O) groups is 1. The number of hydrogen-bond donors (Lipinski definition) is 1. The molecule has 0 radical (unpaired) electrons. The summed E-state index contributed by atoms with van der Waals surface area (Å²) in [5.41, 5.74) is 0. The van der Waals surface area contributed by atoms with Crippen molar-refractivity contribution in [2.24, 2.45) is 5.92 Å². The minimum atomic E-state index is -3.47. The number of nitrogens with one attached hydrogen (secondary N) is 1. The van der Waals surface area contributed by atoms with Crippen LogP contribution in [0.1, 0.15) is 44.5 Å². The Morgan fingerprint density at radius 3 is 2.56 bits per heavy atom. The van der Waals surface area contributed by atoms with E-state index in [2.05, 4.69) is 22.4 Å². The average molecular weight is 382 g/mol. The summed E-state index contributed by atoms with van der Waals surface area (Å²) >= 11 is 1.10. The van der Waals surface area contributed by atoms with Gasteiger partial charge in [0.2, 0.25) is 11.0 Å². The topological polar surface area (TPSA) is 89.0 Å². The molecule has 136 valence electrons. The van der Waals surface area contributed by atoms with Gasteiger partial charge in [-0.3, -0.25) is 4.79 Å². The van der Waals surface area contributed by atoms with Gasteiger partial charge in [-0.1, -0.05) is 56.2 Å². The Labute approximate surface area is 152 Å². The van der Waals surface area contributed by atoms with Gasteiger partial charge in [0.05, 0.1) is 4.90 Å². The van der Waals surface area contributed by atoms with E-state index < -0.39 is 9.84 Å². The first-order valence-electron chi connectivity index (χ1n) is 8.37. The zero-order valence-electron chi connectivity index (χ0n) is 14.4. The normalized spacial score (nSPS) is 12.7. The van der Waals surface area contributed by atoms with Crippen molar-refractivity contribution in [3.05, 3.63) is 35.3 Å². The maximum absolute atomic E-state index is 12.4. The Bertz CT molecular complexity index is 788. The van der Waals surface area contributed by atoms with Gasteiger partial charge in [0, 0.05) is 5.92 Å². The predicted molar refractivity (Wildman–Crippen MR) is 99.2 cm³/mol. The van der Waals surface area contributed by atoms with Gasteiger partial charge in [0.15, 0.2) is 9.84 Å². The van der Waals surface area contributed by atoms with E-state index >= 15 is 0 Å². The average Bonchev–Trinajstić information content (AvgIpc) is 3.02. The Morgan fingerprint density at radius 2 is 1.92 bits per heavy atom. The van der Waals surface area contributed by atoms with E-state index in [4.69, 9.17) is 0 Å². The molecule has 1 N–H and O–H groups in total. The number of anilines is 1. The molecule has 2 rings (SSSR count). The molecule has 1 unspecified atom stereocenters. The van der Waals surface area contributed by atoms with Crippen molar-refractivity contribution in [1.29, 1.82) is 0 Å². The van der Waals surface area contributed by atoms with Gasteiger partial charge >= 0.3 is 0 Å². The number of nitrogens with zero attached hydrogens (tertiary/aromatic N) is 2. The van der Waals surface area contributed by atoms with Gasteiger partial charge in [-0.25, -0.2) is 8.42 Å². The Balaban J connectivity index is 2.01. The smallest absolute Gasteiger partial charge is 0.229 e. The molecule has 0 spiro atoms. The summed E-state index contributed by atoms with van der Waals surface area (Å²) in [4.78, 5) is 12.5. The van der Waals surface area contributed by atoms with Crippen molar-refractivity contribution in [1.82, 2.24) is 10.2 Å². The van der Waals surface area contributed by atoms with Crippen LogP contribution in [0, 0.1) is 5.92 Å². The number of aromatic nitrogens is 2. The molecule has 0 saturated carbocycles. The number of carbonyl (C=O) groups excluding carboxylic acids is 1. The van der Waals surface area contributed by atoms with E-state index in [0.29, 0.717) is 10.1 Å². The summed E-state index contributed by atoms with van der Waals surface area (Å²) < 4.78 is 24.7. The highest BCUT2D eigenvalue weighted by molar-refractivity contribution is 7.90. The third-order valence-corrected chi connectivity index (χ3v) is 6.55. The number of benzene rings is 1. The first-order valence-corrected chi connectivity index (χ1v) is 10.8. The summed E-state index contributed by atoms with van der Waals surface area (Å²) in [7, 11) is -3.47. The fourth-order valence-corrected chi connectivity index (χ4v) is 4.78. The molecule has 1 amide bonds. The van der Waals surface area contributed by atoms with Gasteiger partial charge in [0.25, 0.3) is 0 Å². The third kappa shape index (κ3) is 5.61.